The summed E-state index contributed by atoms with van der Waals surface area (Å²) in [6.45, 7) is 0. The lowest BCUT2D eigenvalue weighted by molar-refractivity contribution is -0.112. The van der Waals surface area contributed by atoms with Crippen LogP contribution < -0.4 is 0 Å². The average molecular weight is 215 g/mol. The summed E-state index contributed by atoms with van der Waals surface area (Å²) in [5.74, 6) is -7.42. The van der Waals surface area contributed by atoms with Crippen molar-refractivity contribution >= 4 is 23.2 Å². The zero-order valence-electron chi connectivity index (χ0n) is 4.72. The van der Waals surface area contributed by atoms with E-state index in [1.54, 1.807) is 0 Å². The summed E-state index contributed by atoms with van der Waals surface area (Å²) >= 11 is 9.03. The van der Waals surface area contributed by atoms with Gasteiger partial charge in [-0.05, 0) is 0 Å². The van der Waals surface area contributed by atoms with E-state index in [1.165, 1.54) is 0 Å². The Morgan fingerprint density at radius 2 is 1.55 bits per heavy atom. The molecule has 0 spiro atoms. The summed E-state index contributed by atoms with van der Waals surface area (Å²) in [5.41, 5.74) is 0. The van der Waals surface area contributed by atoms with Gasteiger partial charge in [0.1, 0.15) is 4.49 Å². The van der Waals surface area contributed by atoms with Crippen LogP contribution in [0.15, 0.2) is 10.3 Å². The molecule has 7 heteroatoms. The van der Waals surface area contributed by atoms with Crippen LogP contribution in [0.3, 0.4) is 0 Å². The minimum Gasteiger partial charge on any atom is -0.203 e. The Kier molecular flexibility index (Phi) is 3.57. The first-order valence-electron chi connectivity index (χ1n) is 2.17. The molecule has 0 aromatic carbocycles. The third-order valence-electron chi connectivity index (χ3n) is 0.733. The van der Waals surface area contributed by atoms with Gasteiger partial charge in [-0.15, -0.1) is 0 Å². The van der Waals surface area contributed by atoms with E-state index >= 15 is 0 Å². The molecule has 0 aromatic rings. The Bertz CT molecular complexity index is 171. The molecule has 0 aliphatic carbocycles. The van der Waals surface area contributed by atoms with E-state index in [0.717, 1.165) is 0 Å². The minimum atomic E-state index is -4.90. The summed E-state index contributed by atoms with van der Waals surface area (Å²) in [6.07, 6.45) is -4.16. The van der Waals surface area contributed by atoms with Crippen LogP contribution in [0.2, 0.25) is 0 Å². The molecular weight excluding hydrogens is 214 g/mol. The molecule has 0 aromatic heterocycles. The van der Waals surface area contributed by atoms with Gasteiger partial charge in [0, 0.05) is 0 Å². The lowest BCUT2D eigenvalue weighted by Gasteiger charge is -2.11. The second kappa shape index (κ2) is 3.58. The Labute approximate surface area is 68.6 Å². The molecule has 0 saturated heterocycles. The Morgan fingerprint density at radius 1 is 1.18 bits per heavy atom. The summed E-state index contributed by atoms with van der Waals surface area (Å²) in [6, 6.07) is 0. The fraction of sp³-hybridized carbons (Fsp3) is 0.500. The van der Waals surface area contributed by atoms with Gasteiger partial charge < -0.3 is 0 Å². The number of alkyl halides is 4. The minimum absolute atomic E-state index is 1.49. The highest BCUT2D eigenvalue weighted by atomic mass is 35.5. The summed E-state index contributed by atoms with van der Waals surface area (Å²) in [4.78, 5) is 0. The van der Waals surface area contributed by atoms with E-state index in [9.17, 15) is 22.0 Å². The van der Waals surface area contributed by atoms with Crippen molar-refractivity contribution in [3.63, 3.8) is 0 Å². The van der Waals surface area contributed by atoms with Crippen molar-refractivity contribution in [2.24, 2.45) is 0 Å². The smallest absolute Gasteiger partial charge is 0.203 e. The van der Waals surface area contributed by atoms with Crippen molar-refractivity contribution in [2.75, 3.05) is 0 Å². The van der Waals surface area contributed by atoms with Crippen molar-refractivity contribution in [3.8, 4) is 0 Å². The normalized spacial score (nSPS) is 12.0. The first-order chi connectivity index (χ1) is 4.80. The molecule has 0 fully saturated rings. The van der Waals surface area contributed by atoms with Gasteiger partial charge >= 0.3 is 12.3 Å². The molecule has 0 atom stereocenters. The lowest BCUT2D eigenvalue weighted by atomic mass is 10.3. The van der Waals surface area contributed by atoms with Crippen LogP contribution in [0.5, 0.6) is 0 Å². The molecular formula is C4HCl2F5. The van der Waals surface area contributed by atoms with Gasteiger partial charge in [0.05, 0.1) is 0 Å². The third kappa shape index (κ3) is 2.48. The maximum atomic E-state index is 11.9. The van der Waals surface area contributed by atoms with Crippen LogP contribution in [-0.2, 0) is 0 Å². The number of halogens is 7. The molecule has 0 aliphatic rings. The monoisotopic (exact) mass is 214 g/mol. The second-order valence-electron chi connectivity index (χ2n) is 1.50. The maximum absolute atomic E-state index is 11.9. The Hall–Kier alpha value is -0.0300. The molecule has 0 heterocycles. The van der Waals surface area contributed by atoms with Crippen LogP contribution in [0.25, 0.3) is 0 Å². The number of hydrogen-bond acceptors (Lipinski definition) is 0. The fourth-order valence-electron chi connectivity index (χ4n) is 0.222. The highest BCUT2D eigenvalue weighted by Gasteiger charge is 2.47. The van der Waals surface area contributed by atoms with Crippen LogP contribution in [-0.4, -0.2) is 12.3 Å². The third-order valence-corrected chi connectivity index (χ3v) is 1.06. The lowest BCUT2D eigenvalue weighted by Crippen LogP contribution is -2.27. The van der Waals surface area contributed by atoms with Gasteiger partial charge in [-0.2, -0.15) is 8.78 Å². The fourth-order valence-corrected chi connectivity index (χ4v) is 0.474. The van der Waals surface area contributed by atoms with Crippen LogP contribution >= 0.6 is 23.2 Å². The molecule has 0 saturated carbocycles. The Morgan fingerprint density at radius 3 is 1.64 bits per heavy atom. The number of hydrogen-bond donors (Lipinski definition) is 0. The highest BCUT2D eigenvalue weighted by molar-refractivity contribution is 6.56. The molecule has 0 amide bonds. The number of rotatable bonds is 2. The van der Waals surface area contributed by atoms with Gasteiger partial charge in [0.25, 0.3) is 0 Å². The molecule has 0 nitrogen and oxygen atoms in total. The molecule has 0 bridgehead atoms. The van der Waals surface area contributed by atoms with E-state index in [4.69, 9.17) is 0 Å². The van der Waals surface area contributed by atoms with E-state index in [-0.39, 0.29) is 0 Å². The van der Waals surface area contributed by atoms with Crippen molar-refractivity contribution in [3.05, 3.63) is 10.3 Å². The van der Waals surface area contributed by atoms with E-state index in [1.807, 2.05) is 0 Å². The van der Waals surface area contributed by atoms with E-state index in [0.29, 0.717) is 0 Å². The molecule has 11 heavy (non-hydrogen) atoms. The average Bonchev–Trinajstić information content (AvgIpc) is 1.85. The first kappa shape index (κ1) is 11.0. The van der Waals surface area contributed by atoms with Crippen LogP contribution in [0.1, 0.15) is 0 Å². The van der Waals surface area contributed by atoms with Crippen molar-refractivity contribution in [1.29, 1.82) is 0 Å². The topological polar surface area (TPSA) is 0 Å². The zero-order valence-corrected chi connectivity index (χ0v) is 6.23. The predicted molar refractivity (Wildman–Crippen MR) is 30.8 cm³/mol. The quantitative estimate of drug-likeness (QED) is 0.618. The van der Waals surface area contributed by atoms with E-state index in [2.05, 4.69) is 23.2 Å². The molecule has 0 N–H and O–H groups in total. The van der Waals surface area contributed by atoms with Crippen LogP contribution in [0, 0.1) is 0 Å². The van der Waals surface area contributed by atoms with Gasteiger partial charge in [-0.3, -0.25) is 0 Å². The summed E-state index contributed by atoms with van der Waals surface area (Å²) in [7, 11) is 0. The zero-order chi connectivity index (χ0) is 9.23. The van der Waals surface area contributed by atoms with Gasteiger partial charge in [0.2, 0.25) is 5.83 Å². The molecule has 0 aliphatic heterocycles. The van der Waals surface area contributed by atoms with Gasteiger partial charge in [-0.25, -0.2) is 13.2 Å². The Balaban J connectivity index is 4.70. The molecule has 0 unspecified atom stereocenters. The second-order valence-corrected chi connectivity index (χ2v) is 2.45. The molecule has 66 valence electrons. The maximum Gasteiger partial charge on any atom is 0.360 e. The highest BCUT2D eigenvalue weighted by Crippen LogP contribution is 2.35. The molecule has 0 radical (unpaired) electrons. The predicted octanol–water partition coefficient (Wildman–Crippen LogP) is 3.50. The SMILES string of the molecule is FC(=C(Cl)Cl)C(F)(F)C(F)F. The van der Waals surface area contributed by atoms with Crippen molar-refractivity contribution in [2.45, 2.75) is 12.3 Å². The number of allylic oxidation sites excluding steroid dienone is 1. The largest absolute Gasteiger partial charge is 0.360 e. The first-order valence-corrected chi connectivity index (χ1v) is 2.93. The molecule has 0 rings (SSSR count). The van der Waals surface area contributed by atoms with E-state index < -0.39 is 22.7 Å². The van der Waals surface area contributed by atoms with Gasteiger partial charge in [0.15, 0.2) is 0 Å². The summed E-state index contributed by atoms with van der Waals surface area (Å²) < 4.78 is 56.7. The van der Waals surface area contributed by atoms with Crippen molar-refractivity contribution in [1.82, 2.24) is 0 Å². The standard InChI is InChI=1S/C4HCl2F5/c5-2(6)1(7)4(10,11)3(8)9/h3H. The van der Waals surface area contributed by atoms with Crippen molar-refractivity contribution < 1.29 is 22.0 Å². The summed E-state index contributed by atoms with van der Waals surface area (Å²) in [5, 5.41) is 0. The van der Waals surface area contributed by atoms with Gasteiger partial charge in [-0.1, -0.05) is 23.2 Å². The van der Waals surface area contributed by atoms with Crippen LogP contribution in [0.4, 0.5) is 22.0 Å².